The monoisotopic (exact) mass is 399 g/mol. The Hall–Kier alpha value is -2.37. The van der Waals surface area contributed by atoms with Crippen LogP contribution in [-0.4, -0.2) is 24.4 Å². The minimum absolute atomic E-state index is 0.0691. The summed E-state index contributed by atoms with van der Waals surface area (Å²) in [6, 6.07) is 14.8. The van der Waals surface area contributed by atoms with Crippen LogP contribution in [0.3, 0.4) is 0 Å². The summed E-state index contributed by atoms with van der Waals surface area (Å²) in [5.74, 6) is -0.347. The molecule has 0 spiro atoms. The number of benzene rings is 2. The highest BCUT2D eigenvalue weighted by Gasteiger charge is 2.20. The molecule has 2 amide bonds. The summed E-state index contributed by atoms with van der Waals surface area (Å²) in [5, 5.41) is 9.74. The van der Waals surface area contributed by atoms with Crippen LogP contribution >= 0.6 is 11.6 Å². The summed E-state index contributed by atoms with van der Waals surface area (Å²) in [5.41, 5.74) is 1.95. The van der Waals surface area contributed by atoms with Crippen molar-refractivity contribution in [3.8, 4) is 0 Å². The lowest BCUT2D eigenvalue weighted by atomic mass is 10.1. The third kappa shape index (κ3) is 5.33. The van der Waals surface area contributed by atoms with Crippen molar-refractivity contribution >= 4 is 29.1 Å². The Bertz CT molecular complexity index is 834. The fraction of sp³-hybridized carbons (Fsp3) is 0.364. The Morgan fingerprint density at radius 3 is 2.50 bits per heavy atom. The summed E-state index contributed by atoms with van der Waals surface area (Å²) in [4.78, 5) is 25.0. The van der Waals surface area contributed by atoms with Gasteiger partial charge in [0.05, 0.1) is 17.8 Å². The van der Waals surface area contributed by atoms with E-state index in [9.17, 15) is 9.59 Å². The first-order valence-electron chi connectivity index (χ1n) is 9.72. The molecule has 5 nitrogen and oxygen atoms in total. The van der Waals surface area contributed by atoms with Gasteiger partial charge in [-0.25, -0.2) is 0 Å². The van der Waals surface area contributed by atoms with Crippen molar-refractivity contribution in [3.63, 3.8) is 0 Å². The van der Waals surface area contributed by atoms with Crippen LogP contribution in [0.25, 0.3) is 0 Å². The van der Waals surface area contributed by atoms with Crippen LogP contribution in [-0.2, 0) is 4.79 Å². The molecule has 3 N–H and O–H groups in total. The van der Waals surface area contributed by atoms with Gasteiger partial charge in [-0.05, 0) is 43.5 Å². The Labute approximate surface area is 170 Å². The number of nitrogens with one attached hydrogen (secondary N) is 3. The number of hydrogen-bond acceptors (Lipinski definition) is 3. The molecule has 6 heteroatoms. The van der Waals surface area contributed by atoms with Crippen molar-refractivity contribution in [2.75, 3.05) is 11.9 Å². The highest BCUT2D eigenvalue weighted by molar-refractivity contribution is 6.31. The van der Waals surface area contributed by atoms with Crippen molar-refractivity contribution in [1.29, 1.82) is 0 Å². The summed E-state index contributed by atoms with van der Waals surface area (Å²) in [6.07, 6.45) is 4.34. The van der Waals surface area contributed by atoms with Crippen LogP contribution in [0.5, 0.6) is 0 Å². The van der Waals surface area contributed by atoms with Crippen LogP contribution in [0.15, 0.2) is 48.5 Å². The first-order valence-corrected chi connectivity index (χ1v) is 10.1. The second-order valence-electron chi connectivity index (χ2n) is 7.17. The van der Waals surface area contributed by atoms with E-state index in [4.69, 9.17) is 11.6 Å². The van der Waals surface area contributed by atoms with Crippen LogP contribution in [0, 0.1) is 0 Å². The molecule has 0 heterocycles. The average molecular weight is 400 g/mol. The molecule has 1 saturated carbocycles. The molecule has 1 aliphatic rings. The van der Waals surface area contributed by atoms with E-state index in [0.29, 0.717) is 16.3 Å². The van der Waals surface area contributed by atoms with Gasteiger partial charge in [-0.1, -0.05) is 54.8 Å². The molecule has 3 rings (SSSR count). The van der Waals surface area contributed by atoms with E-state index in [1.165, 1.54) is 0 Å². The maximum absolute atomic E-state index is 12.6. The van der Waals surface area contributed by atoms with E-state index in [2.05, 4.69) is 16.0 Å². The van der Waals surface area contributed by atoms with Crippen molar-refractivity contribution in [2.45, 2.75) is 44.7 Å². The molecule has 0 radical (unpaired) electrons. The molecule has 1 aliphatic carbocycles. The minimum Gasteiger partial charge on any atom is -0.349 e. The Kier molecular flexibility index (Phi) is 7.06. The highest BCUT2D eigenvalue weighted by Crippen LogP contribution is 2.22. The molecule has 0 unspecified atom stereocenters. The predicted octanol–water partition coefficient (Wildman–Crippen LogP) is 4.30. The molecule has 0 bridgehead atoms. The van der Waals surface area contributed by atoms with Gasteiger partial charge in [0.25, 0.3) is 5.91 Å². The Balaban J connectivity index is 1.58. The second kappa shape index (κ2) is 9.71. The molecule has 1 atom stereocenters. The van der Waals surface area contributed by atoms with E-state index in [1.54, 1.807) is 18.2 Å². The largest absolute Gasteiger partial charge is 0.349 e. The molecule has 1 fully saturated rings. The molecule has 2 aromatic rings. The van der Waals surface area contributed by atoms with Gasteiger partial charge in [-0.3, -0.25) is 9.59 Å². The van der Waals surface area contributed by atoms with Crippen LogP contribution < -0.4 is 16.0 Å². The van der Waals surface area contributed by atoms with Gasteiger partial charge in [-0.2, -0.15) is 0 Å². The zero-order valence-corrected chi connectivity index (χ0v) is 16.8. The quantitative estimate of drug-likeness (QED) is 0.650. The number of rotatable bonds is 7. The fourth-order valence-electron chi connectivity index (χ4n) is 3.50. The summed E-state index contributed by atoms with van der Waals surface area (Å²) in [6.45, 7) is 2.07. The maximum atomic E-state index is 12.6. The molecule has 0 saturated heterocycles. The van der Waals surface area contributed by atoms with Gasteiger partial charge in [0.1, 0.15) is 0 Å². The van der Waals surface area contributed by atoms with E-state index in [0.717, 1.165) is 31.2 Å². The Morgan fingerprint density at radius 1 is 1.07 bits per heavy atom. The molecule has 2 aromatic carbocycles. The zero-order chi connectivity index (χ0) is 19.9. The van der Waals surface area contributed by atoms with Gasteiger partial charge in [0.15, 0.2) is 0 Å². The van der Waals surface area contributed by atoms with Gasteiger partial charge in [-0.15, -0.1) is 0 Å². The lowest BCUT2D eigenvalue weighted by Gasteiger charge is -2.17. The number of carbonyl (C=O) groups excluding carboxylic acids is 2. The maximum Gasteiger partial charge on any atom is 0.253 e. The summed E-state index contributed by atoms with van der Waals surface area (Å²) in [7, 11) is 0. The topological polar surface area (TPSA) is 70.2 Å². The number of hydrogen-bond donors (Lipinski definition) is 3. The highest BCUT2D eigenvalue weighted by atomic mass is 35.5. The number of para-hydroxylation sites is 1. The van der Waals surface area contributed by atoms with Crippen molar-refractivity contribution in [2.24, 2.45) is 0 Å². The molecular weight excluding hydrogens is 374 g/mol. The van der Waals surface area contributed by atoms with E-state index >= 15 is 0 Å². The van der Waals surface area contributed by atoms with Gasteiger partial charge in [0, 0.05) is 17.1 Å². The van der Waals surface area contributed by atoms with Crippen LogP contribution in [0.1, 0.15) is 54.6 Å². The summed E-state index contributed by atoms with van der Waals surface area (Å²) >= 11 is 6.20. The first-order chi connectivity index (χ1) is 13.5. The molecule has 28 heavy (non-hydrogen) atoms. The standard InChI is InChI=1S/C22H26ClN3O2/c1-15(17-10-4-6-12-19(17)23)24-14-21(27)26-20-13-7-5-11-18(20)22(28)25-16-8-2-3-9-16/h4-7,10-13,15-16,24H,2-3,8-9,14H2,1H3,(H,25,28)(H,26,27)/t15-/m0/s1. The normalized spacial score (nSPS) is 15.2. The fourth-order valence-corrected chi connectivity index (χ4v) is 3.80. The Morgan fingerprint density at radius 2 is 1.75 bits per heavy atom. The van der Waals surface area contributed by atoms with E-state index in [1.807, 2.05) is 37.3 Å². The average Bonchev–Trinajstić information content (AvgIpc) is 3.20. The zero-order valence-electron chi connectivity index (χ0n) is 16.0. The molecule has 148 valence electrons. The third-order valence-corrected chi connectivity index (χ3v) is 5.42. The van der Waals surface area contributed by atoms with Crippen molar-refractivity contribution in [3.05, 3.63) is 64.7 Å². The first kappa shape index (κ1) is 20.4. The lowest BCUT2D eigenvalue weighted by molar-refractivity contribution is -0.115. The SMILES string of the molecule is C[C@H](NCC(=O)Nc1ccccc1C(=O)NC1CCCC1)c1ccccc1Cl. The smallest absolute Gasteiger partial charge is 0.253 e. The third-order valence-electron chi connectivity index (χ3n) is 5.08. The molecular formula is C22H26ClN3O2. The van der Waals surface area contributed by atoms with E-state index < -0.39 is 0 Å². The molecule has 0 aliphatic heterocycles. The lowest BCUT2D eigenvalue weighted by Crippen LogP contribution is -2.34. The molecule has 0 aromatic heterocycles. The minimum atomic E-state index is -0.208. The van der Waals surface area contributed by atoms with Crippen LogP contribution in [0.2, 0.25) is 5.02 Å². The van der Waals surface area contributed by atoms with Crippen LogP contribution in [0.4, 0.5) is 5.69 Å². The number of halogens is 1. The number of carbonyl (C=O) groups is 2. The van der Waals surface area contributed by atoms with Gasteiger partial charge >= 0.3 is 0 Å². The van der Waals surface area contributed by atoms with Gasteiger partial charge in [0.2, 0.25) is 5.91 Å². The van der Waals surface area contributed by atoms with Crippen molar-refractivity contribution in [1.82, 2.24) is 10.6 Å². The number of amides is 2. The number of anilines is 1. The predicted molar refractivity (Wildman–Crippen MR) is 113 cm³/mol. The van der Waals surface area contributed by atoms with Gasteiger partial charge < -0.3 is 16.0 Å². The van der Waals surface area contributed by atoms with Crippen molar-refractivity contribution < 1.29 is 9.59 Å². The second-order valence-corrected chi connectivity index (χ2v) is 7.58. The van der Waals surface area contributed by atoms with E-state index in [-0.39, 0.29) is 30.4 Å². The summed E-state index contributed by atoms with van der Waals surface area (Å²) < 4.78 is 0.